The van der Waals surface area contributed by atoms with Crippen molar-refractivity contribution in [2.45, 2.75) is 27.1 Å². The molecule has 23 nitrogen and oxygen atoms in total. The van der Waals surface area contributed by atoms with Gasteiger partial charge in [-0.05, 0) is 38.1 Å². The summed E-state index contributed by atoms with van der Waals surface area (Å²) in [4.78, 5) is 23.0. The van der Waals surface area contributed by atoms with Crippen molar-refractivity contribution in [1.82, 2.24) is 29.9 Å². The van der Waals surface area contributed by atoms with Crippen molar-refractivity contribution < 1.29 is 129 Å². The number of hydrogen-bond acceptors (Lipinski definition) is 12. The van der Waals surface area contributed by atoms with Crippen LogP contribution in [0, 0.1) is 13.8 Å². The molecule has 0 aliphatic heterocycles. The molecule has 0 aliphatic carbocycles. The summed E-state index contributed by atoms with van der Waals surface area (Å²) >= 11 is 0. The maximum absolute atomic E-state index is 12.2. The molecule has 0 radical (unpaired) electrons. The molecular formula is C36H58Mo2N6O17S4-10. The number of imidazole rings is 2. The third-order valence-electron chi connectivity index (χ3n) is 6.17. The van der Waals surface area contributed by atoms with E-state index >= 15 is 0 Å². The van der Waals surface area contributed by atoms with Gasteiger partial charge < -0.3 is 79.7 Å². The molecule has 0 saturated carbocycles. The topological polar surface area (TPSA) is 510 Å². The molecule has 0 saturated heterocycles. The number of aromatic nitrogens is 6. The number of aryl methyl sites for hydroxylation is 2. The Kier molecular flexibility index (Phi) is 62.6. The van der Waals surface area contributed by atoms with Crippen LogP contribution in [0.1, 0.15) is 22.5 Å². The maximum Gasteiger partial charge on any atom is 0.138 e. The smallest absolute Gasteiger partial charge is 0.138 e. The fourth-order valence-electron chi connectivity index (χ4n) is 4.15. The summed E-state index contributed by atoms with van der Waals surface area (Å²) in [5.74, 6) is 0.540. The van der Waals surface area contributed by atoms with E-state index in [9.17, 15) is 37.3 Å². The van der Waals surface area contributed by atoms with Crippen molar-refractivity contribution in [3.8, 4) is 34.3 Å². The monoisotopic (exact) mass is 1170 g/mol. The maximum atomic E-state index is 12.2. The number of para-hydroxylation sites is 4. The van der Waals surface area contributed by atoms with Crippen LogP contribution < -0.4 is 10.2 Å². The molecule has 0 atom stereocenters. The van der Waals surface area contributed by atoms with Gasteiger partial charge in [0, 0.05) is 181 Å². The molecule has 4 heterocycles. The molecule has 4 aromatic heterocycles. The Morgan fingerprint density at radius 2 is 0.754 bits per heavy atom. The van der Waals surface area contributed by atoms with Crippen molar-refractivity contribution in [2.24, 2.45) is 0 Å². The zero-order valence-electron chi connectivity index (χ0n) is 37.0. The standard InChI is InChI=1S/2C14H13N3O2.4C2H6OS.2Mo.4H2O.5O/c2*1-8-13(19)12(9(7-18)6-15-8)14-16-10-4-2-3-5-11(10)17-14;4*1-4(2)3;;;;;;;;;;;/h2*2-6,18-19H,7H2,1H3,(H,16,17);4*1-2H3;;;4*1H2;;;;;/q;;;;;;;;;;;;5*-2. The molecule has 0 spiro atoms. The summed E-state index contributed by atoms with van der Waals surface area (Å²) in [5.41, 5.74) is 5.83. The quantitative estimate of drug-likeness (QED) is 0.121. The van der Waals surface area contributed by atoms with Gasteiger partial charge in [0.2, 0.25) is 0 Å². The largest absolute Gasteiger partial charge is 2.00 e. The Morgan fingerprint density at radius 3 is 0.969 bits per heavy atom. The first-order chi connectivity index (χ1) is 25.3. The van der Waals surface area contributed by atoms with Crippen LogP contribution in [0.15, 0.2) is 60.9 Å². The Labute approximate surface area is 415 Å². The summed E-state index contributed by atoms with van der Waals surface area (Å²) in [5, 5.41) is 43.1. The van der Waals surface area contributed by atoms with Gasteiger partial charge in [0.15, 0.2) is 0 Å². The van der Waals surface area contributed by atoms with E-state index in [2.05, 4.69) is 29.9 Å². The number of pyridine rings is 2. The minimum absolute atomic E-state index is 0. The van der Waals surface area contributed by atoms with Crippen LogP contribution in [0.2, 0.25) is 0 Å². The number of nitrogens with zero attached hydrogens (tertiary/aromatic N) is 4. The van der Waals surface area contributed by atoms with E-state index in [0.29, 0.717) is 45.3 Å². The van der Waals surface area contributed by atoms with Crippen LogP contribution >= 0.6 is 0 Å². The van der Waals surface area contributed by atoms with Crippen LogP contribution in [0.3, 0.4) is 0 Å². The predicted octanol–water partition coefficient (Wildman–Crippen LogP) is -1.11. The van der Waals surface area contributed by atoms with Gasteiger partial charge in [0.1, 0.15) is 11.6 Å². The van der Waals surface area contributed by atoms with E-state index in [-0.39, 0.29) is 116 Å². The first-order valence-electron chi connectivity index (χ1n) is 15.8. The van der Waals surface area contributed by atoms with Crippen LogP contribution in [0.5, 0.6) is 11.5 Å². The van der Waals surface area contributed by atoms with E-state index in [4.69, 9.17) is 0 Å². The number of aromatic amines is 2. The molecule has 0 aliphatic rings. The number of H-pyrrole nitrogens is 2. The van der Waals surface area contributed by atoms with E-state index in [1.165, 1.54) is 12.4 Å². The summed E-state index contributed by atoms with van der Waals surface area (Å²) < 4.78 is 38.2. The molecule has 29 heteroatoms. The summed E-state index contributed by atoms with van der Waals surface area (Å²) in [6, 6.07) is 15.1. The van der Waals surface area contributed by atoms with Gasteiger partial charge in [-0.15, -0.1) is 0 Å². The minimum Gasteiger partial charge on any atom is -2.00 e. The number of hydrogen-bond donors (Lipinski definition) is 4. The Morgan fingerprint density at radius 1 is 0.523 bits per heavy atom. The van der Waals surface area contributed by atoms with Crippen LogP contribution in [0.4, 0.5) is 0 Å². The van der Waals surface area contributed by atoms with Crippen LogP contribution in [-0.4, -0.2) is 118 Å². The number of fused-ring (bicyclic) bond motifs is 2. The molecule has 0 bridgehead atoms. The van der Waals surface area contributed by atoms with Crippen molar-refractivity contribution in [2.75, 3.05) is 50.0 Å². The van der Waals surface area contributed by atoms with Crippen molar-refractivity contribution in [3.05, 3.63) is 83.4 Å². The van der Waals surface area contributed by atoms with Gasteiger partial charge in [0.25, 0.3) is 0 Å². The third-order valence-corrected chi connectivity index (χ3v) is 6.17. The molecule has 380 valence electrons. The van der Waals surface area contributed by atoms with Gasteiger partial charge >= 0.3 is 0 Å². The average molecular weight is 1170 g/mol. The molecule has 0 amide bonds. The number of nitrogens with one attached hydrogen (secondary N) is 2. The summed E-state index contributed by atoms with van der Waals surface area (Å²) in [6.45, 7) is 2.81. The number of aliphatic hydroxyl groups excluding tert-OH is 2. The average Bonchev–Trinajstić information content (AvgIpc) is 3.71. The van der Waals surface area contributed by atoms with Crippen molar-refractivity contribution >= 4 is 65.3 Å². The SMILES string of the molecule is CS(C)=O.CS(C)=O.CS(C)=O.CS(C)=O.Cc1ncc(CO)c(-c2nc3ccccc3[nH]2)c1[O-].Cc1ncc(CO)c(-c2nc3ccccc3[nH]2)c1[O-].O.O.[Mo].[Mo].[O-2].[O-2].[O-2].[O-2].[O-2].[OH3+].[OH3+]. The van der Waals surface area contributed by atoms with Gasteiger partial charge in [-0.2, -0.15) is 0 Å². The molecule has 6 rings (SSSR count). The fourth-order valence-corrected chi connectivity index (χ4v) is 4.15. The molecule has 0 unspecified atom stereocenters. The first kappa shape index (κ1) is 88.5. The number of rotatable bonds is 4. The van der Waals surface area contributed by atoms with Gasteiger partial charge in [0.05, 0.1) is 35.3 Å². The fraction of sp³-hybridized carbons (Fsp3) is 0.333. The Bertz CT molecular complexity index is 1960. The summed E-state index contributed by atoms with van der Waals surface area (Å²) in [6.07, 6.45) is 16.1. The van der Waals surface area contributed by atoms with E-state index in [0.717, 1.165) is 22.1 Å². The molecule has 0 fully saturated rings. The first-order valence-corrected chi connectivity index (χ1v) is 23.6. The second-order valence-electron chi connectivity index (χ2n) is 11.6. The predicted molar refractivity (Wildman–Crippen MR) is 239 cm³/mol. The number of benzene rings is 2. The van der Waals surface area contributed by atoms with E-state index in [1.54, 1.807) is 63.9 Å². The molecule has 14 N–H and O–H groups in total. The summed E-state index contributed by atoms with van der Waals surface area (Å²) in [7, 11) is -2.44. The molecule has 2 aromatic carbocycles. The van der Waals surface area contributed by atoms with Gasteiger partial charge in [-0.25, -0.2) is 9.97 Å². The molecule has 6 aromatic rings. The normalized spacial score (nSPS) is 8.62. The third kappa shape index (κ3) is 32.2. The van der Waals surface area contributed by atoms with Crippen LogP contribution in [0.25, 0.3) is 44.8 Å². The van der Waals surface area contributed by atoms with Gasteiger partial charge in [-0.3, -0.25) is 26.8 Å². The Hall–Kier alpha value is -3.18. The zero-order chi connectivity index (χ0) is 41.1. The molecular weight excluding hydrogens is 1110 g/mol. The molecule has 65 heavy (non-hydrogen) atoms. The second-order valence-corrected chi connectivity index (χ2v) is 17.6. The second kappa shape index (κ2) is 45.9. The van der Waals surface area contributed by atoms with E-state index in [1.807, 2.05) is 48.5 Å². The van der Waals surface area contributed by atoms with Crippen molar-refractivity contribution in [3.63, 3.8) is 0 Å². The number of aliphatic hydroxyl groups is 2. The van der Waals surface area contributed by atoms with E-state index < -0.39 is 43.2 Å². The van der Waals surface area contributed by atoms with Crippen molar-refractivity contribution in [1.29, 1.82) is 0 Å². The van der Waals surface area contributed by atoms with Gasteiger partial charge in [-0.1, -0.05) is 35.8 Å². The Balaban J connectivity index is -0.0000000666. The zero-order valence-corrected chi connectivity index (χ0v) is 44.2. The van der Waals surface area contributed by atoms with Crippen LogP contribution in [-0.2, 0) is 137 Å². The minimum atomic E-state index is -0.611.